The maximum absolute atomic E-state index is 11.0. The van der Waals surface area contributed by atoms with Crippen molar-refractivity contribution >= 4 is 11.8 Å². The molecule has 0 bridgehead atoms. The summed E-state index contributed by atoms with van der Waals surface area (Å²) in [7, 11) is 0. The Labute approximate surface area is 73.7 Å². The van der Waals surface area contributed by atoms with Crippen LogP contribution < -0.4 is 5.32 Å². The van der Waals surface area contributed by atoms with E-state index in [2.05, 4.69) is 10.1 Å². The second-order valence-electron chi connectivity index (χ2n) is 2.77. The van der Waals surface area contributed by atoms with E-state index < -0.39 is 23.9 Å². The molecule has 0 aliphatic carbocycles. The van der Waals surface area contributed by atoms with E-state index in [9.17, 15) is 14.7 Å². The number of nitrogens with one attached hydrogen (secondary N) is 1. The first-order chi connectivity index (χ1) is 6.20. The second kappa shape index (κ2) is 2.70. The highest BCUT2D eigenvalue weighted by Gasteiger charge is 2.41. The molecular weight excluding hydrogens is 174 g/mol. The summed E-state index contributed by atoms with van der Waals surface area (Å²) >= 11 is 0. The predicted octanol–water partition coefficient (Wildman–Crippen LogP) is -1.16. The van der Waals surface area contributed by atoms with Gasteiger partial charge in [-0.15, -0.1) is 0 Å². The molecule has 2 heterocycles. The highest BCUT2D eigenvalue weighted by molar-refractivity contribution is 6.36. The molecule has 0 aromatic rings. The Hall–Kier alpha value is -1.62. The summed E-state index contributed by atoms with van der Waals surface area (Å²) in [4.78, 5) is 21.8. The number of rotatable bonds is 0. The van der Waals surface area contributed by atoms with Crippen LogP contribution in [0.1, 0.15) is 0 Å². The van der Waals surface area contributed by atoms with Gasteiger partial charge in [-0.2, -0.15) is 0 Å². The monoisotopic (exact) mass is 181 g/mol. The van der Waals surface area contributed by atoms with Crippen LogP contribution >= 0.6 is 0 Å². The summed E-state index contributed by atoms with van der Waals surface area (Å²) in [6.45, 7) is 0. The van der Waals surface area contributed by atoms with Crippen molar-refractivity contribution in [3.05, 3.63) is 24.1 Å². The van der Waals surface area contributed by atoms with Gasteiger partial charge in [0.25, 0.3) is 5.78 Å². The number of dihydropyridines is 1. The smallest absolute Gasteiger partial charge is 0.382 e. The zero-order valence-electron chi connectivity index (χ0n) is 6.56. The molecule has 0 aromatic carbocycles. The lowest BCUT2D eigenvalue weighted by molar-refractivity contribution is -0.160. The van der Waals surface area contributed by atoms with Gasteiger partial charge in [-0.1, -0.05) is 0 Å². The van der Waals surface area contributed by atoms with Crippen molar-refractivity contribution in [1.82, 2.24) is 5.32 Å². The van der Waals surface area contributed by atoms with E-state index in [0.29, 0.717) is 0 Å². The van der Waals surface area contributed by atoms with Crippen LogP contribution in [0.5, 0.6) is 0 Å². The van der Waals surface area contributed by atoms with Gasteiger partial charge in [-0.05, 0) is 18.4 Å². The highest BCUT2D eigenvalue weighted by atomic mass is 16.5. The zero-order valence-corrected chi connectivity index (χ0v) is 6.56. The molecule has 5 heteroatoms. The van der Waals surface area contributed by atoms with Gasteiger partial charge < -0.3 is 15.2 Å². The van der Waals surface area contributed by atoms with Crippen molar-refractivity contribution in [2.45, 2.75) is 12.1 Å². The summed E-state index contributed by atoms with van der Waals surface area (Å²) in [5, 5.41) is 12.1. The molecule has 2 aliphatic heterocycles. The molecule has 2 unspecified atom stereocenters. The third kappa shape index (κ3) is 1.13. The van der Waals surface area contributed by atoms with Crippen LogP contribution in [0.25, 0.3) is 0 Å². The Balaban J connectivity index is 2.33. The number of carbonyl (C=O) groups is 2. The lowest BCUT2D eigenvalue weighted by atomic mass is 10.0. The van der Waals surface area contributed by atoms with E-state index in [1.807, 2.05) is 0 Å². The normalized spacial score (nSPS) is 31.6. The second-order valence-corrected chi connectivity index (χ2v) is 2.77. The third-order valence-electron chi connectivity index (χ3n) is 1.94. The molecule has 2 atom stereocenters. The molecule has 0 radical (unpaired) electrons. The van der Waals surface area contributed by atoms with E-state index in [4.69, 9.17) is 0 Å². The van der Waals surface area contributed by atoms with Crippen molar-refractivity contribution < 1.29 is 19.4 Å². The van der Waals surface area contributed by atoms with E-state index in [1.165, 1.54) is 6.08 Å². The van der Waals surface area contributed by atoms with Crippen molar-refractivity contribution in [1.29, 1.82) is 0 Å². The van der Waals surface area contributed by atoms with Gasteiger partial charge >= 0.3 is 5.97 Å². The standard InChI is InChI=1S/C8H7NO4/c10-6-5-4(2-1-3-9-5)13-8(12)7(6)11/h1-3,5-6,9-10H. The highest BCUT2D eigenvalue weighted by Crippen LogP contribution is 2.19. The van der Waals surface area contributed by atoms with E-state index in [1.54, 1.807) is 12.3 Å². The first kappa shape index (κ1) is 8.00. The minimum Gasteiger partial charge on any atom is -0.423 e. The fraction of sp³-hybridized carbons (Fsp3) is 0.250. The van der Waals surface area contributed by atoms with Crippen LogP contribution in [0, 0.1) is 0 Å². The number of Topliss-reactive ketones (excluding diaryl/α,β-unsaturated/α-hetero) is 1. The number of esters is 1. The average molecular weight is 181 g/mol. The summed E-state index contributed by atoms with van der Waals surface area (Å²) < 4.78 is 4.67. The average Bonchev–Trinajstić information content (AvgIpc) is 2.15. The number of ether oxygens (including phenoxy) is 1. The lowest BCUT2D eigenvalue weighted by Crippen LogP contribution is -2.52. The molecule has 0 spiro atoms. The Kier molecular flexibility index (Phi) is 1.66. The maximum Gasteiger partial charge on any atom is 0.382 e. The van der Waals surface area contributed by atoms with Gasteiger partial charge in [-0.3, -0.25) is 4.79 Å². The zero-order chi connectivity index (χ0) is 9.42. The molecule has 0 saturated carbocycles. The van der Waals surface area contributed by atoms with Crippen LogP contribution in [0.15, 0.2) is 24.1 Å². The molecule has 68 valence electrons. The molecular formula is C8H7NO4. The molecule has 0 aromatic heterocycles. The Morgan fingerprint density at radius 2 is 2.23 bits per heavy atom. The summed E-state index contributed by atoms with van der Waals surface area (Å²) in [6, 6.07) is -0.629. The quantitative estimate of drug-likeness (QED) is 0.364. The van der Waals surface area contributed by atoms with Gasteiger partial charge in [0.05, 0.1) is 0 Å². The van der Waals surface area contributed by atoms with Crippen molar-refractivity contribution in [3.8, 4) is 0 Å². The fourth-order valence-electron chi connectivity index (χ4n) is 1.26. The number of aliphatic hydroxyl groups is 1. The predicted molar refractivity (Wildman–Crippen MR) is 41.3 cm³/mol. The van der Waals surface area contributed by atoms with Crippen molar-refractivity contribution in [2.24, 2.45) is 0 Å². The van der Waals surface area contributed by atoms with Crippen LogP contribution in [-0.2, 0) is 14.3 Å². The Bertz CT molecular complexity index is 331. The SMILES string of the molecule is O=C1OC2=CC=CNC2C(O)C1=O. The molecule has 2 rings (SSSR count). The van der Waals surface area contributed by atoms with E-state index in [0.717, 1.165) is 0 Å². The fourth-order valence-corrected chi connectivity index (χ4v) is 1.26. The number of allylic oxidation sites excluding steroid dienone is 2. The molecule has 0 amide bonds. The number of ketones is 1. The van der Waals surface area contributed by atoms with Crippen molar-refractivity contribution in [2.75, 3.05) is 0 Å². The minimum absolute atomic E-state index is 0.277. The van der Waals surface area contributed by atoms with Crippen LogP contribution in [0.3, 0.4) is 0 Å². The number of fused-ring (bicyclic) bond motifs is 1. The minimum atomic E-state index is -1.35. The number of hydrogen-bond acceptors (Lipinski definition) is 5. The summed E-state index contributed by atoms with van der Waals surface area (Å²) in [5.74, 6) is -1.64. The first-order valence-corrected chi connectivity index (χ1v) is 3.77. The molecule has 5 nitrogen and oxygen atoms in total. The largest absolute Gasteiger partial charge is 0.423 e. The molecule has 1 saturated heterocycles. The Morgan fingerprint density at radius 1 is 1.46 bits per heavy atom. The molecule has 13 heavy (non-hydrogen) atoms. The topological polar surface area (TPSA) is 75.6 Å². The lowest BCUT2D eigenvalue weighted by Gasteiger charge is -2.29. The third-order valence-corrected chi connectivity index (χ3v) is 1.94. The van der Waals surface area contributed by atoms with E-state index in [-0.39, 0.29) is 5.76 Å². The van der Waals surface area contributed by atoms with Crippen LogP contribution in [0.4, 0.5) is 0 Å². The molecule has 1 fully saturated rings. The number of hydrogen-bond donors (Lipinski definition) is 2. The number of carbonyl (C=O) groups excluding carboxylic acids is 2. The summed E-state index contributed by atoms with van der Waals surface area (Å²) in [6.07, 6.45) is 3.39. The number of aliphatic hydroxyl groups excluding tert-OH is 1. The maximum atomic E-state index is 11.0. The molecule has 2 aliphatic rings. The van der Waals surface area contributed by atoms with Gasteiger partial charge in [0, 0.05) is 0 Å². The van der Waals surface area contributed by atoms with Gasteiger partial charge in [0.1, 0.15) is 11.8 Å². The molecule has 2 N–H and O–H groups in total. The van der Waals surface area contributed by atoms with Gasteiger partial charge in [-0.25, -0.2) is 4.79 Å². The Morgan fingerprint density at radius 3 is 3.00 bits per heavy atom. The van der Waals surface area contributed by atoms with Crippen LogP contribution in [0.2, 0.25) is 0 Å². The van der Waals surface area contributed by atoms with E-state index >= 15 is 0 Å². The van der Waals surface area contributed by atoms with Crippen LogP contribution in [-0.4, -0.2) is 29.0 Å². The van der Waals surface area contributed by atoms with Gasteiger partial charge in [0.15, 0.2) is 6.10 Å². The van der Waals surface area contributed by atoms with Crippen molar-refractivity contribution in [3.63, 3.8) is 0 Å². The summed E-state index contributed by atoms with van der Waals surface area (Å²) in [5.41, 5.74) is 0. The van der Waals surface area contributed by atoms with Gasteiger partial charge in [0.2, 0.25) is 0 Å². The first-order valence-electron chi connectivity index (χ1n) is 3.77.